The third kappa shape index (κ3) is 2.62. The highest BCUT2D eigenvalue weighted by atomic mass is 15.2. The van der Waals surface area contributed by atoms with Crippen LogP contribution in [0.15, 0.2) is 18.7 Å². The van der Waals surface area contributed by atoms with Gasteiger partial charge in [0.15, 0.2) is 0 Å². The highest BCUT2D eigenvalue weighted by Gasteiger charge is 2.26. The van der Waals surface area contributed by atoms with Gasteiger partial charge in [0.2, 0.25) is 0 Å². The molecule has 2 heterocycles. The maximum Gasteiger partial charge on any atom is 0.0946 e. The highest BCUT2D eigenvalue weighted by molar-refractivity contribution is 4.83. The van der Waals surface area contributed by atoms with E-state index in [4.69, 9.17) is 5.73 Å². The van der Waals surface area contributed by atoms with E-state index in [1.54, 1.807) is 0 Å². The second-order valence-electron chi connectivity index (χ2n) is 4.71. The predicted octanol–water partition coefficient (Wildman–Crippen LogP) is 1.08. The topological polar surface area (TPSA) is 47.1 Å². The molecule has 0 aliphatic carbocycles. The zero-order chi connectivity index (χ0) is 11.4. The third-order valence-electron chi connectivity index (χ3n) is 3.64. The van der Waals surface area contributed by atoms with Crippen molar-refractivity contribution in [2.75, 3.05) is 13.1 Å². The Morgan fingerprint density at radius 2 is 2.25 bits per heavy atom. The summed E-state index contributed by atoms with van der Waals surface area (Å²) in [5.74, 6) is 0. The van der Waals surface area contributed by atoms with Gasteiger partial charge in [0, 0.05) is 44.1 Å². The van der Waals surface area contributed by atoms with Crippen LogP contribution in [0.25, 0.3) is 0 Å². The van der Waals surface area contributed by atoms with Gasteiger partial charge in [-0.2, -0.15) is 0 Å². The Morgan fingerprint density at radius 1 is 1.38 bits per heavy atom. The molecule has 0 spiro atoms. The van der Waals surface area contributed by atoms with Crippen molar-refractivity contribution in [3.8, 4) is 0 Å². The molecule has 0 aromatic carbocycles. The molecule has 0 radical (unpaired) electrons. The van der Waals surface area contributed by atoms with E-state index in [-0.39, 0.29) is 0 Å². The number of aromatic nitrogens is 2. The summed E-state index contributed by atoms with van der Waals surface area (Å²) in [5.41, 5.74) is 5.84. The highest BCUT2D eigenvalue weighted by Crippen LogP contribution is 2.21. The molecular formula is C12H22N4. The van der Waals surface area contributed by atoms with Crippen LogP contribution in [0.1, 0.15) is 26.2 Å². The lowest BCUT2D eigenvalue weighted by molar-refractivity contribution is 0.0931. The zero-order valence-electron chi connectivity index (χ0n) is 10.0. The maximum atomic E-state index is 5.84. The van der Waals surface area contributed by atoms with E-state index in [1.807, 2.05) is 18.7 Å². The average molecular weight is 222 g/mol. The van der Waals surface area contributed by atoms with Gasteiger partial charge in [0.25, 0.3) is 0 Å². The number of likely N-dealkylation sites (tertiary alicyclic amines) is 1. The van der Waals surface area contributed by atoms with Crippen molar-refractivity contribution in [3.63, 3.8) is 0 Å². The summed E-state index contributed by atoms with van der Waals surface area (Å²) in [6, 6.07) is 1.25. The van der Waals surface area contributed by atoms with Crippen LogP contribution in [0, 0.1) is 0 Å². The van der Waals surface area contributed by atoms with Gasteiger partial charge in [-0.05, 0) is 19.8 Å². The number of hydrogen-bond donors (Lipinski definition) is 1. The summed E-state index contributed by atoms with van der Waals surface area (Å²) < 4.78 is 2.13. The standard InChI is InChI=1S/C12H22N4/c1-11-3-2-4-12(9-13)16(11)8-7-15-6-5-14-10-15/h5-6,10-12H,2-4,7-9,13H2,1H3. The van der Waals surface area contributed by atoms with Gasteiger partial charge in [-0.25, -0.2) is 4.98 Å². The maximum absolute atomic E-state index is 5.84. The van der Waals surface area contributed by atoms with Gasteiger partial charge in [0.1, 0.15) is 0 Å². The number of rotatable bonds is 4. The second kappa shape index (κ2) is 5.46. The molecule has 1 aliphatic heterocycles. The molecule has 1 aromatic rings. The first-order chi connectivity index (χ1) is 7.81. The lowest BCUT2D eigenvalue weighted by Crippen LogP contribution is -2.49. The van der Waals surface area contributed by atoms with E-state index in [0.717, 1.165) is 19.6 Å². The largest absolute Gasteiger partial charge is 0.336 e. The number of nitrogens with two attached hydrogens (primary N) is 1. The first-order valence-electron chi connectivity index (χ1n) is 6.23. The van der Waals surface area contributed by atoms with Crippen molar-refractivity contribution in [2.45, 2.75) is 44.8 Å². The summed E-state index contributed by atoms with van der Waals surface area (Å²) in [7, 11) is 0. The van der Waals surface area contributed by atoms with Crippen LogP contribution in [0.5, 0.6) is 0 Å². The van der Waals surface area contributed by atoms with Gasteiger partial charge < -0.3 is 10.3 Å². The molecule has 2 unspecified atom stereocenters. The lowest BCUT2D eigenvalue weighted by Gasteiger charge is -2.40. The minimum absolute atomic E-state index is 0.576. The minimum atomic E-state index is 0.576. The van der Waals surface area contributed by atoms with E-state index >= 15 is 0 Å². The van der Waals surface area contributed by atoms with Crippen molar-refractivity contribution < 1.29 is 0 Å². The second-order valence-corrected chi connectivity index (χ2v) is 4.71. The van der Waals surface area contributed by atoms with Crippen LogP contribution in [0.2, 0.25) is 0 Å². The first kappa shape index (κ1) is 11.6. The molecule has 1 saturated heterocycles. The SMILES string of the molecule is CC1CCCC(CN)N1CCn1ccnc1. The summed E-state index contributed by atoms with van der Waals surface area (Å²) in [4.78, 5) is 6.62. The van der Waals surface area contributed by atoms with Gasteiger partial charge >= 0.3 is 0 Å². The van der Waals surface area contributed by atoms with Crippen LogP contribution in [-0.2, 0) is 6.54 Å². The van der Waals surface area contributed by atoms with Crippen LogP contribution in [0.4, 0.5) is 0 Å². The van der Waals surface area contributed by atoms with E-state index in [0.29, 0.717) is 12.1 Å². The Hall–Kier alpha value is -0.870. The molecule has 4 heteroatoms. The molecule has 16 heavy (non-hydrogen) atoms. The Balaban J connectivity index is 1.90. The van der Waals surface area contributed by atoms with Gasteiger partial charge in [0.05, 0.1) is 6.33 Å². The van der Waals surface area contributed by atoms with E-state index in [2.05, 4.69) is 21.4 Å². The number of hydrogen-bond acceptors (Lipinski definition) is 3. The van der Waals surface area contributed by atoms with Gasteiger partial charge in [-0.15, -0.1) is 0 Å². The van der Waals surface area contributed by atoms with Crippen LogP contribution < -0.4 is 5.73 Å². The van der Waals surface area contributed by atoms with E-state index in [1.165, 1.54) is 19.3 Å². The van der Waals surface area contributed by atoms with Crippen LogP contribution >= 0.6 is 0 Å². The Morgan fingerprint density at radius 3 is 2.94 bits per heavy atom. The van der Waals surface area contributed by atoms with Crippen LogP contribution in [0.3, 0.4) is 0 Å². The quantitative estimate of drug-likeness (QED) is 0.829. The molecule has 1 aromatic heterocycles. The minimum Gasteiger partial charge on any atom is -0.336 e. The number of piperidine rings is 1. The first-order valence-corrected chi connectivity index (χ1v) is 6.23. The normalized spacial score (nSPS) is 27.1. The number of imidazole rings is 1. The molecule has 2 atom stereocenters. The van der Waals surface area contributed by atoms with Crippen molar-refractivity contribution >= 4 is 0 Å². The fourth-order valence-electron chi connectivity index (χ4n) is 2.65. The molecule has 2 rings (SSSR count). The van der Waals surface area contributed by atoms with Crippen molar-refractivity contribution in [2.24, 2.45) is 5.73 Å². The van der Waals surface area contributed by atoms with E-state index < -0.39 is 0 Å². The summed E-state index contributed by atoms with van der Waals surface area (Å²) in [6.07, 6.45) is 9.62. The fraction of sp³-hybridized carbons (Fsp3) is 0.750. The van der Waals surface area contributed by atoms with Crippen molar-refractivity contribution in [3.05, 3.63) is 18.7 Å². The zero-order valence-corrected chi connectivity index (χ0v) is 10.0. The fourth-order valence-corrected chi connectivity index (χ4v) is 2.65. The van der Waals surface area contributed by atoms with Crippen LogP contribution in [-0.4, -0.2) is 39.6 Å². The number of nitrogens with zero attached hydrogens (tertiary/aromatic N) is 3. The predicted molar refractivity (Wildman–Crippen MR) is 65.1 cm³/mol. The molecule has 0 amide bonds. The summed E-state index contributed by atoms with van der Waals surface area (Å²) >= 11 is 0. The molecule has 1 aliphatic rings. The molecule has 4 nitrogen and oxygen atoms in total. The Bertz CT molecular complexity index is 296. The third-order valence-corrected chi connectivity index (χ3v) is 3.64. The molecule has 90 valence electrons. The van der Waals surface area contributed by atoms with Crippen molar-refractivity contribution in [1.82, 2.24) is 14.5 Å². The Labute approximate surface area is 97.4 Å². The lowest BCUT2D eigenvalue weighted by atomic mass is 9.96. The molecule has 1 fully saturated rings. The Kier molecular flexibility index (Phi) is 3.96. The molecule has 2 N–H and O–H groups in total. The molecule has 0 saturated carbocycles. The van der Waals surface area contributed by atoms with Gasteiger partial charge in [-0.3, -0.25) is 4.90 Å². The van der Waals surface area contributed by atoms with Crippen molar-refractivity contribution in [1.29, 1.82) is 0 Å². The summed E-state index contributed by atoms with van der Waals surface area (Å²) in [6.45, 7) is 5.20. The average Bonchev–Trinajstić information content (AvgIpc) is 2.80. The molecular weight excluding hydrogens is 200 g/mol. The smallest absolute Gasteiger partial charge is 0.0946 e. The summed E-state index contributed by atoms with van der Waals surface area (Å²) in [5, 5.41) is 0. The monoisotopic (exact) mass is 222 g/mol. The van der Waals surface area contributed by atoms with Gasteiger partial charge in [-0.1, -0.05) is 6.42 Å². The van der Waals surface area contributed by atoms with E-state index in [9.17, 15) is 0 Å². The molecule has 0 bridgehead atoms.